The molecule has 2 heterocycles. The van der Waals surface area contributed by atoms with Gasteiger partial charge >= 0.3 is 6.09 Å². The summed E-state index contributed by atoms with van der Waals surface area (Å²) in [6.07, 6.45) is 4.36. The molecule has 0 aliphatic carbocycles. The van der Waals surface area contributed by atoms with E-state index in [0.717, 1.165) is 12.8 Å². The second kappa shape index (κ2) is 6.91. The maximum Gasteiger partial charge on any atom is 0.407 e. The molecule has 0 atom stereocenters. The summed E-state index contributed by atoms with van der Waals surface area (Å²) < 4.78 is 6.98. The zero-order chi connectivity index (χ0) is 16.2. The van der Waals surface area contributed by atoms with Crippen LogP contribution in [0, 0.1) is 0 Å². The molecule has 7 nitrogen and oxygen atoms in total. The number of carbonyl (C=O) groups is 1. The van der Waals surface area contributed by atoms with Gasteiger partial charge in [0.2, 0.25) is 0 Å². The second-order valence-corrected chi connectivity index (χ2v) is 6.27. The molecule has 0 radical (unpaired) electrons. The van der Waals surface area contributed by atoms with E-state index in [1.54, 1.807) is 6.33 Å². The van der Waals surface area contributed by atoms with Crippen LogP contribution in [0.2, 0.25) is 5.15 Å². The number of ether oxygens (including phenoxy) is 1. The first-order valence-corrected chi connectivity index (χ1v) is 7.53. The van der Waals surface area contributed by atoms with Crippen LogP contribution in [0.15, 0.2) is 12.7 Å². The molecule has 0 aromatic carbocycles. The molecule has 0 spiro atoms. The highest BCUT2D eigenvalue weighted by Gasteiger charge is 2.16. The SMILES string of the molecule is CC(C)(C)OC(=O)NCCCCn1cnc2ncnc-2c1Cl. The normalized spacial score (nSPS) is 11.6. The number of amides is 1. The summed E-state index contributed by atoms with van der Waals surface area (Å²) in [6, 6.07) is 0. The molecule has 22 heavy (non-hydrogen) atoms. The molecule has 0 unspecified atom stereocenters. The average Bonchev–Trinajstić information content (AvgIpc) is 2.88. The number of carbonyl (C=O) groups excluding carboxylic acids is 1. The van der Waals surface area contributed by atoms with Crippen LogP contribution in [0.1, 0.15) is 33.6 Å². The molecule has 0 bridgehead atoms. The number of hydrogen-bond donors (Lipinski definition) is 1. The van der Waals surface area contributed by atoms with E-state index in [9.17, 15) is 4.79 Å². The highest BCUT2D eigenvalue weighted by atomic mass is 35.5. The smallest absolute Gasteiger partial charge is 0.407 e. The van der Waals surface area contributed by atoms with Gasteiger partial charge in [0.1, 0.15) is 22.8 Å². The molecular weight excluding hydrogens is 306 g/mol. The Balaban J connectivity index is 1.74. The lowest BCUT2D eigenvalue weighted by molar-refractivity contribution is 0.0527. The molecule has 8 heteroatoms. The quantitative estimate of drug-likeness (QED) is 0.675. The molecule has 0 saturated heterocycles. The summed E-state index contributed by atoms with van der Waals surface area (Å²) in [5, 5.41) is 3.25. The third-order valence-corrected chi connectivity index (χ3v) is 3.24. The third kappa shape index (κ3) is 4.56. The van der Waals surface area contributed by atoms with E-state index in [1.807, 2.05) is 25.3 Å². The number of alkyl carbamates (subject to hydrolysis) is 1. The number of aryl methyl sites for hydroxylation is 1. The van der Waals surface area contributed by atoms with E-state index in [1.165, 1.54) is 6.33 Å². The van der Waals surface area contributed by atoms with Crippen LogP contribution in [0.3, 0.4) is 0 Å². The molecular formula is C14H20ClN5O2. The lowest BCUT2D eigenvalue weighted by Crippen LogP contribution is -2.33. The predicted octanol–water partition coefficient (Wildman–Crippen LogP) is 2.74. The fourth-order valence-electron chi connectivity index (χ4n) is 1.88. The van der Waals surface area contributed by atoms with E-state index in [0.29, 0.717) is 29.8 Å². The van der Waals surface area contributed by atoms with E-state index < -0.39 is 11.7 Å². The van der Waals surface area contributed by atoms with Crippen molar-refractivity contribution in [3.63, 3.8) is 0 Å². The number of imidazole rings is 1. The van der Waals surface area contributed by atoms with E-state index in [2.05, 4.69) is 20.3 Å². The predicted molar refractivity (Wildman–Crippen MR) is 82.9 cm³/mol. The van der Waals surface area contributed by atoms with Crippen molar-refractivity contribution in [2.24, 2.45) is 0 Å². The fraction of sp³-hybridized carbons (Fsp3) is 0.571. The molecule has 2 rings (SSSR count). The van der Waals surface area contributed by atoms with Gasteiger partial charge in [-0.2, -0.15) is 0 Å². The minimum Gasteiger partial charge on any atom is -0.444 e. The van der Waals surface area contributed by atoms with Gasteiger partial charge in [-0.25, -0.2) is 19.7 Å². The van der Waals surface area contributed by atoms with Crippen molar-refractivity contribution in [3.8, 4) is 11.5 Å². The maximum absolute atomic E-state index is 11.5. The van der Waals surface area contributed by atoms with Crippen molar-refractivity contribution in [2.45, 2.75) is 45.8 Å². The lowest BCUT2D eigenvalue weighted by Gasteiger charge is -2.19. The molecule has 0 aromatic heterocycles. The number of hydrogen-bond acceptors (Lipinski definition) is 5. The summed E-state index contributed by atoms with van der Waals surface area (Å²) in [4.78, 5) is 23.7. The number of nitrogens with one attached hydrogen (secondary N) is 1. The van der Waals surface area contributed by atoms with Gasteiger partial charge in [-0.05, 0) is 33.6 Å². The minimum absolute atomic E-state index is 0.395. The van der Waals surface area contributed by atoms with Crippen LogP contribution < -0.4 is 5.32 Å². The Morgan fingerprint density at radius 2 is 2.09 bits per heavy atom. The first-order valence-electron chi connectivity index (χ1n) is 7.15. The Morgan fingerprint density at radius 3 is 2.82 bits per heavy atom. The van der Waals surface area contributed by atoms with Gasteiger partial charge in [-0.1, -0.05) is 11.6 Å². The standard InChI is InChI=1S/C14H20ClN5O2/c1-14(2,3)22-13(21)16-6-4-5-7-20-9-19-12-10(11(20)15)17-8-18-12/h8-9H,4-7H2,1-3H3,(H,16,21). The van der Waals surface area contributed by atoms with E-state index in [4.69, 9.17) is 16.3 Å². The molecule has 2 aliphatic heterocycles. The second-order valence-electron chi connectivity index (χ2n) is 5.91. The first-order chi connectivity index (χ1) is 10.4. The van der Waals surface area contributed by atoms with Gasteiger partial charge < -0.3 is 14.6 Å². The monoisotopic (exact) mass is 325 g/mol. The number of aromatic nitrogens is 4. The van der Waals surface area contributed by atoms with Crippen molar-refractivity contribution >= 4 is 17.7 Å². The number of unbranched alkanes of at least 4 members (excludes halogenated alkanes) is 1. The van der Waals surface area contributed by atoms with Gasteiger partial charge in [-0.15, -0.1) is 0 Å². The number of fused-ring (bicyclic) bond motifs is 1. The molecule has 0 saturated carbocycles. The van der Waals surface area contributed by atoms with Crippen molar-refractivity contribution < 1.29 is 9.53 Å². The van der Waals surface area contributed by atoms with Crippen molar-refractivity contribution in [1.82, 2.24) is 24.8 Å². The molecule has 0 fully saturated rings. The van der Waals surface area contributed by atoms with Crippen LogP contribution in [0.4, 0.5) is 4.79 Å². The van der Waals surface area contributed by atoms with Gasteiger partial charge in [0.05, 0.1) is 6.33 Å². The zero-order valence-electron chi connectivity index (χ0n) is 13.0. The summed E-state index contributed by atoms with van der Waals surface area (Å²) in [6.45, 7) is 6.76. The molecule has 2 aliphatic rings. The van der Waals surface area contributed by atoms with Crippen LogP contribution in [0.5, 0.6) is 0 Å². The van der Waals surface area contributed by atoms with Crippen molar-refractivity contribution in [3.05, 3.63) is 17.8 Å². The Kier molecular flexibility index (Phi) is 5.18. The Morgan fingerprint density at radius 1 is 1.32 bits per heavy atom. The van der Waals surface area contributed by atoms with Gasteiger partial charge in [0, 0.05) is 13.1 Å². The highest BCUT2D eigenvalue weighted by molar-refractivity contribution is 6.31. The molecule has 1 amide bonds. The Hall–Kier alpha value is -1.89. The highest BCUT2D eigenvalue weighted by Crippen LogP contribution is 2.23. The molecule has 0 aromatic rings. The number of nitrogens with zero attached hydrogens (tertiary/aromatic N) is 4. The van der Waals surface area contributed by atoms with Crippen LogP contribution >= 0.6 is 11.6 Å². The van der Waals surface area contributed by atoms with Crippen molar-refractivity contribution in [1.29, 1.82) is 0 Å². The van der Waals surface area contributed by atoms with Crippen LogP contribution in [0.25, 0.3) is 11.5 Å². The lowest BCUT2D eigenvalue weighted by atomic mass is 10.2. The molecule has 1 N–H and O–H groups in total. The van der Waals surface area contributed by atoms with Crippen LogP contribution in [-0.4, -0.2) is 37.8 Å². The van der Waals surface area contributed by atoms with E-state index in [-0.39, 0.29) is 0 Å². The zero-order valence-corrected chi connectivity index (χ0v) is 13.7. The summed E-state index contributed by atoms with van der Waals surface area (Å²) in [7, 11) is 0. The number of rotatable bonds is 5. The average molecular weight is 326 g/mol. The van der Waals surface area contributed by atoms with Gasteiger partial charge in [-0.3, -0.25) is 0 Å². The Bertz CT molecular complexity index is 608. The van der Waals surface area contributed by atoms with Gasteiger partial charge in [0.25, 0.3) is 0 Å². The van der Waals surface area contributed by atoms with Gasteiger partial charge in [0.15, 0.2) is 5.82 Å². The largest absolute Gasteiger partial charge is 0.444 e. The van der Waals surface area contributed by atoms with Crippen molar-refractivity contribution in [2.75, 3.05) is 6.54 Å². The summed E-state index contributed by atoms with van der Waals surface area (Å²) in [5.74, 6) is 0.549. The van der Waals surface area contributed by atoms with Crippen LogP contribution in [-0.2, 0) is 11.3 Å². The maximum atomic E-state index is 11.5. The molecule has 120 valence electrons. The third-order valence-electron chi connectivity index (χ3n) is 2.84. The van der Waals surface area contributed by atoms with E-state index >= 15 is 0 Å². The first kappa shape index (κ1) is 16.5. The minimum atomic E-state index is -0.477. The summed E-state index contributed by atoms with van der Waals surface area (Å²) in [5.41, 5.74) is 0.130. The Labute approximate surface area is 134 Å². The number of halogens is 1. The topological polar surface area (TPSA) is 81.9 Å². The summed E-state index contributed by atoms with van der Waals surface area (Å²) >= 11 is 6.25. The fourth-order valence-corrected chi connectivity index (χ4v) is 2.14.